The quantitative estimate of drug-likeness (QED) is 0.731. The minimum atomic E-state index is -0.507. The van der Waals surface area contributed by atoms with Crippen molar-refractivity contribution in [2.75, 3.05) is 0 Å². The zero-order valence-corrected chi connectivity index (χ0v) is 8.39. The lowest BCUT2D eigenvalue weighted by atomic mass is 10.0. The standard InChI is InChI=1S/C10H11ClO2/c1-3-8-4-5-9(6-7(8)2)10(12)13-11/h4-6H,3H2,1-2H3. The van der Waals surface area contributed by atoms with Crippen molar-refractivity contribution >= 4 is 17.8 Å². The van der Waals surface area contributed by atoms with Crippen LogP contribution in [-0.2, 0) is 10.7 Å². The maximum absolute atomic E-state index is 11.0. The molecule has 0 amide bonds. The zero-order chi connectivity index (χ0) is 9.84. The molecule has 2 nitrogen and oxygen atoms in total. The summed E-state index contributed by atoms with van der Waals surface area (Å²) in [4.78, 5) is 11.0. The van der Waals surface area contributed by atoms with E-state index in [9.17, 15) is 4.79 Å². The lowest BCUT2D eigenvalue weighted by molar-refractivity contribution is 0.0751. The van der Waals surface area contributed by atoms with Gasteiger partial charge in [0.1, 0.15) is 11.9 Å². The first kappa shape index (κ1) is 10.1. The molecule has 0 unspecified atom stereocenters. The van der Waals surface area contributed by atoms with Crippen LogP contribution in [0.4, 0.5) is 0 Å². The molecule has 0 aliphatic heterocycles. The normalized spacial score (nSPS) is 9.77. The Bertz CT molecular complexity index is 321. The molecule has 13 heavy (non-hydrogen) atoms. The number of hydrogen-bond donors (Lipinski definition) is 0. The number of carbonyl (C=O) groups excluding carboxylic acids is 1. The number of carbonyl (C=O) groups is 1. The molecule has 1 aromatic carbocycles. The lowest BCUT2D eigenvalue weighted by Gasteiger charge is -2.03. The first-order chi connectivity index (χ1) is 6.19. The highest BCUT2D eigenvalue weighted by atomic mass is 35.5. The second kappa shape index (κ2) is 4.28. The van der Waals surface area contributed by atoms with Gasteiger partial charge in [-0.15, -0.1) is 0 Å². The average Bonchev–Trinajstić information content (AvgIpc) is 2.16. The van der Waals surface area contributed by atoms with Crippen molar-refractivity contribution < 1.29 is 9.08 Å². The molecule has 1 aromatic rings. The van der Waals surface area contributed by atoms with Crippen LogP contribution in [0.25, 0.3) is 0 Å². The number of benzene rings is 1. The lowest BCUT2D eigenvalue weighted by Crippen LogP contribution is -1.99. The average molecular weight is 199 g/mol. The Morgan fingerprint density at radius 3 is 2.69 bits per heavy atom. The third kappa shape index (κ3) is 2.22. The van der Waals surface area contributed by atoms with Crippen molar-refractivity contribution in [2.24, 2.45) is 0 Å². The molecule has 0 saturated carbocycles. The van der Waals surface area contributed by atoms with E-state index in [0.29, 0.717) is 5.56 Å². The van der Waals surface area contributed by atoms with Crippen LogP contribution >= 0.6 is 11.9 Å². The predicted octanol–water partition coefficient (Wildman–Crippen LogP) is 2.87. The van der Waals surface area contributed by atoms with Gasteiger partial charge in [0.05, 0.1) is 5.56 Å². The van der Waals surface area contributed by atoms with Gasteiger partial charge in [0.2, 0.25) is 0 Å². The molecule has 0 aliphatic rings. The van der Waals surface area contributed by atoms with Gasteiger partial charge in [-0.2, -0.15) is 0 Å². The second-order valence-corrected chi connectivity index (χ2v) is 3.01. The van der Waals surface area contributed by atoms with E-state index >= 15 is 0 Å². The van der Waals surface area contributed by atoms with Crippen molar-refractivity contribution in [3.05, 3.63) is 34.9 Å². The topological polar surface area (TPSA) is 26.3 Å². The summed E-state index contributed by atoms with van der Waals surface area (Å²) in [5.74, 6) is -0.507. The molecular formula is C10H11ClO2. The van der Waals surface area contributed by atoms with Crippen LogP contribution in [0.15, 0.2) is 18.2 Å². The highest BCUT2D eigenvalue weighted by Crippen LogP contribution is 2.12. The van der Waals surface area contributed by atoms with Crippen molar-refractivity contribution in [3.63, 3.8) is 0 Å². The molecule has 0 heterocycles. The van der Waals surface area contributed by atoms with Crippen LogP contribution in [0, 0.1) is 6.92 Å². The fraction of sp³-hybridized carbons (Fsp3) is 0.300. The molecule has 0 aromatic heterocycles. The van der Waals surface area contributed by atoms with Gasteiger partial charge >= 0.3 is 5.97 Å². The highest BCUT2D eigenvalue weighted by Gasteiger charge is 2.07. The minimum Gasteiger partial charge on any atom is -0.343 e. The Kier molecular flexibility index (Phi) is 3.32. The summed E-state index contributed by atoms with van der Waals surface area (Å²) in [5, 5.41) is 0. The summed E-state index contributed by atoms with van der Waals surface area (Å²) in [6.07, 6.45) is 0.960. The number of halogens is 1. The van der Waals surface area contributed by atoms with Crippen molar-refractivity contribution in [1.29, 1.82) is 0 Å². The van der Waals surface area contributed by atoms with Crippen LogP contribution in [0.2, 0.25) is 0 Å². The maximum atomic E-state index is 11.0. The molecular weight excluding hydrogens is 188 g/mol. The zero-order valence-electron chi connectivity index (χ0n) is 7.63. The minimum absolute atomic E-state index is 0.490. The predicted molar refractivity (Wildman–Crippen MR) is 51.8 cm³/mol. The third-order valence-corrected chi connectivity index (χ3v) is 2.17. The molecule has 0 atom stereocenters. The van der Waals surface area contributed by atoms with Gasteiger partial charge in [-0.05, 0) is 36.6 Å². The van der Waals surface area contributed by atoms with Crippen molar-refractivity contribution in [2.45, 2.75) is 20.3 Å². The van der Waals surface area contributed by atoms with E-state index in [1.807, 2.05) is 13.0 Å². The number of hydrogen-bond acceptors (Lipinski definition) is 2. The van der Waals surface area contributed by atoms with Crippen LogP contribution in [0.1, 0.15) is 28.4 Å². The summed E-state index contributed by atoms with van der Waals surface area (Å²) in [6.45, 7) is 4.03. The molecule has 0 saturated heterocycles. The van der Waals surface area contributed by atoms with Crippen LogP contribution in [0.3, 0.4) is 0 Å². The van der Waals surface area contributed by atoms with Crippen LogP contribution in [0.5, 0.6) is 0 Å². The number of aryl methyl sites for hydroxylation is 2. The Hall–Kier alpha value is -1.02. The number of rotatable bonds is 2. The van der Waals surface area contributed by atoms with Crippen LogP contribution in [-0.4, -0.2) is 5.97 Å². The monoisotopic (exact) mass is 198 g/mol. The molecule has 3 heteroatoms. The largest absolute Gasteiger partial charge is 0.356 e. The van der Waals surface area contributed by atoms with Gasteiger partial charge in [0.25, 0.3) is 0 Å². The molecule has 1 rings (SSSR count). The fourth-order valence-corrected chi connectivity index (χ4v) is 1.35. The Morgan fingerprint density at radius 1 is 1.54 bits per heavy atom. The van der Waals surface area contributed by atoms with Crippen molar-refractivity contribution in [1.82, 2.24) is 0 Å². The van der Waals surface area contributed by atoms with Gasteiger partial charge < -0.3 is 4.29 Å². The van der Waals surface area contributed by atoms with Gasteiger partial charge in [-0.25, -0.2) is 4.79 Å². The van der Waals surface area contributed by atoms with E-state index in [2.05, 4.69) is 11.2 Å². The molecule has 0 radical (unpaired) electrons. The molecule has 0 bridgehead atoms. The first-order valence-electron chi connectivity index (χ1n) is 4.11. The third-order valence-electron chi connectivity index (χ3n) is 2.03. The van der Waals surface area contributed by atoms with Gasteiger partial charge in [0, 0.05) is 0 Å². The summed E-state index contributed by atoms with van der Waals surface area (Å²) < 4.78 is 4.10. The van der Waals surface area contributed by atoms with Crippen LogP contribution < -0.4 is 0 Å². The van der Waals surface area contributed by atoms with E-state index in [1.165, 1.54) is 5.56 Å². The molecule has 0 N–H and O–H groups in total. The summed E-state index contributed by atoms with van der Waals surface area (Å²) >= 11 is 4.96. The smallest absolute Gasteiger partial charge is 0.343 e. The van der Waals surface area contributed by atoms with Gasteiger partial charge in [-0.1, -0.05) is 13.0 Å². The summed E-state index contributed by atoms with van der Waals surface area (Å²) in [5.41, 5.74) is 2.80. The van der Waals surface area contributed by atoms with E-state index in [-0.39, 0.29) is 0 Å². The highest BCUT2D eigenvalue weighted by molar-refractivity contribution is 6.15. The molecule has 0 fully saturated rings. The van der Waals surface area contributed by atoms with E-state index in [1.54, 1.807) is 12.1 Å². The van der Waals surface area contributed by atoms with Gasteiger partial charge in [-0.3, -0.25) is 0 Å². The van der Waals surface area contributed by atoms with Crippen molar-refractivity contribution in [3.8, 4) is 0 Å². The Morgan fingerprint density at radius 2 is 2.23 bits per heavy atom. The molecule has 70 valence electrons. The molecule has 0 aliphatic carbocycles. The maximum Gasteiger partial charge on any atom is 0.356 e. The van der Waals surface area contributed by atoms with E-state index in [4.69, 9.17) is 11.9 Å². The Labute approximate surface area is 82.6 Å². The summed E-state index contributed by atoms with van der Waals surface area (Å²) in [6, 6.07) is 5.42. The van der Waals surface area contributed by atoms with E-state index in [0.717, 1.165) is 12.0 Å². The molecule has 0 spiro atoms. The van der Waals surface area contributed by atoms with E-state index < -0.39 is 5.97 Å². The van der Waals surface area contributed by atoms with Gasteiger partial charge in [0.15, 0.2) is 0 Å². The SMILES string of the molecule is CCc1ccc(C(=O)OCl)cc1C. The summed E-state index contributed by atoms with van der Waals surface area (Å²) in [7, 11) is 0. The second-order valence-electron chi connectivity index (χ2n) is 2.86. The first-order valence-corrected chi connectivity index (χ1v) is 4.42. The fourth-order valence-electron chi connectivity index (χ4n) is 1.26. The Balaban J connectivity index is 3.02.